The largest absolute Gasteiger partial charge is 0.478 e. The Kier molecular flexibility index (Phi) is 8.03. The molecule has 0 heterocycles. The summed E-state index contributed by atoms with van der Waals surface area (Å²) in [5, 5.41) is 19.9. The summed E-state index contributed by atoms with van der Waals surface area (Å²) >= 11 is 0. The van der Waals surface area contributed by atoms with Crippen LogP contribution in [0.15, 0.2) is 84.9 Å². The summed E-state index contributed by atoms with van der Waals surface area (Å²) in [6.45, 7) is 0. The minimum atomic E-state index is -3.86. The molecule has 0 aromatic heterocycles. The van der Waals surface area contributed by atoms with E-state index >= 15 is 0 Å². The van der Waals surface area contributed by atoms with E-state index in [0.29, 0.717) is 11.1 Å². The van der Waals surface area contributed by atoms with Crippen LogP contribution in [0.2, 0.25) is 0 Å². The van der Waals surface area contributed by atoms with Gasteiger partial charge in [0.15, 0.2) is 0 Å². The summed E-state index contributed by atoms with van der Waals surface area (Å²) in [6, 6.07) is 21.0. The van der Waals surface area contributed by atoms with E-state index in [1.165, 1.54) is 60.7 Å². The molecule has 0 aliphatic carbocycles. The lowest BCUT2D eigenvalue weighted by atomic mass is 9.94. The average Bonchev–Trinajstić information content (AvgIpc) is 2.87. The van der Waals surface area contributed by atoms with Crippen LogP contribution in [0.1, 0.15) is 20.7 Å². The zero-order valence-corrected chi connectivity index (χ0v) is 23.1. The van der Waals surface area contributed by atoms with Gasteiger partial charge in [-0.3, -0.25) is 0 Å². The quantitative estimate of drug-likeness (QED) is 0.238. The van der Waals surface area contributed by atoms with Crippen molar-refractivity contribution < 1.29 is 49.7 Å². The maximum Gasteiger partial charge on any atom is 0.340 e. The molecular weight excluding hydrogens is 576 g/mol. The average molecular weight is 599 g/mol. The van der Waals surface area contributed by atoms with E-state index in [4.69, 9.17) is 13.1 Å². The molecule has 2 N–H and O–H groups in total. The molecule has 0 aliphatic heterocycles. The summed E-state index contributed by atoms with van der Waals surface area (Å²) in [5.74, 6) is -3.07. The molecular formula is C28H22O11S2. The predicted octanol–water partition coefficient (Wildman–Crippen LogP) is 4.89. The Labute approximate surface area is 235 Å². The molecule has 4 aromatic carbocycles. The van der Waals surface area contributed by atoms with Gasteiger partial charge >= 0.3 is 32.2 Å². The maximum atomic E-state index is 12.3. The summed E-state index contributed by atoms with van der Waals surface area (Å²) < 4.78 is 61.4. The Morgan fingerprint density at radius 2 is 1.10 bits per heavy atom. The third kappa shape index (κ3) is 7.41. The molecule has 11 nitrogen and oxygen atoms in total. The first kappa shape index (κ1) is 29.1. The molecule has 13 heteroatoms. The molecule has 0 aliphatic rings. The third-order valence-corrected chi connectivity index (χ3v) is 6.47. The summed E-state index contributed by atoms with van der Waals surface area (Å²) in [7, 11) is -7.57. The van der Waals surface area contributed by atoms with Crippen molar-refractivity contribution >= 4 is 32.2 Å². The number of aromatic carboxylic acids is 2. The van der Waals surface area contributed by atoms with E-state index in [-0.39, 0.29) is 34.1 Å². The third-order valence-electron chi connectivity index (χ3n) is 5.48. The number of carboxylic acids is 2. The van der Waals surface area contributed by atoms with Crippen molar-refractivity contribution in [3.8, 4) is 45.3 Å². The van der Waals surface area contributed by atoms with Crippen molar-refractivity contribution in [1.82, 2.24) is 0 Å². The van der Waals surface area contributed by atoms with E-state index in [2.05, 4.69) is 0 Å². The number of ether oxygens (including phenoxy) is 1. The molecule has 212 valence electrons. The van der Waals surface area contributed by atoms with Crippen molar-refractivity contribution in [3.63, 3.8) is 0 Å². The van der Waals surface area contributed by atoms with E-state index in [0.717, 1.165) is 12.5 Å². The van der Waals surface area contributed by atoms with Gasteiger partial charge in [-0.15, -0.1) is 0 Å². The van der Waals surface area contributed by atoms with Crippen LogP contribution in [0.5, 0.6) is 23.0 Å². The van der Waals surface area contributed by atoms with Crippen molar-refractivity contribution in [2.24, 2.45) is 0 Å². The number of rotatable bonds is 10. The van der Waals surface area contributed by atoms with Crippen LogP contribution in [0.25, 0.3) is 22.3 Å². The van der Waals surface area contributed by atoms with Crippen LogP contribution in [0, 0.1) is 0 Å². The van der Waals surface area contributed by atoms with Crippen molar-refractivity contribution in [2.75, 3.05) is 12.5 Å². The van der Waals surface area contributed by atoms with Gasteiger partial charge in [0.05, 0.1) is 18.1 Å². The lowest BCUT2D eigenvalue weighted by Gasteiger charge is -2.15. The maximum absolute atomic E-state index is 12.3. The molecule has 0 atom stereocenters. The smallest absolute Gasteiger partial charge is 0.340 e. The summed E-state index contributed by atoms with van der Waals surface area (Å²) in [6.07, 6.45) is 1.79. The topological polar surface area (TPSA) is 171 Å². The van der Waals surface area contributed by atoms with Gasteiger partial charge in [-0.1, -0.05) is 36.4 Å². The number of benzene rings is 4. The van der Waals surface area contributed by atoms with Gasteiger partial charge in [0.1, 0.15) is 28.6 Å². The fourth-order valence-electron chi connectivity index (χ4n) is 3.98. The fraction of sp³-hybridized carbons (Fsp3) is 0.0714. The first-order valence-electron chi connectivity index (χ1n) is 11.6. The van der Waals surface area contributed by atoms with Crippen LogP contribution >= 0.6 is 0 Å². The summed E-state index contributed by atoms with van der Waals surface area (Å²) in [5.41, 5.74) is 0.359. The Morgan fingerprint density at radius 3 is 1.61 bits per heavy atom. The van der Waals surface area contributed by atoms with Gasteiger partial charge in [-0.2, -0.15) is 16.8 Å². The molecule has 0 spiro atoms. The highest BCUT2D eigenvalue weighted by Gasteiger charge is 2.26. The highest BCUT2D eigenvalue weighted by atomic mass is 32.2. The van der Waals surface area contributed by atoms with Gasteiger partial charge < -0.3 is 23.3 Å². The van der Waals surface area contributed by atoms with Gasteiger partial charge in [-0.05, 0) is 70.8 Å². The van der Waals surface area contributed by atoms with Gasteiger partial charge in [0.25, 0.3) is 0 Å². The van der Waals surface area contributed by atoms with E-state index < -0.39 is 43.3 Å². The molecule has 4 rings (SSSR count). The number of hydrogen-bond donors (Lipinski definition) is 2. The van der Waals surface area contributed by atoms with Crippen molar-refractivity contribution in [1.29, 1.82) is 0 Å². The monoisotopic (exact) mass is 598 g/mol. The summed E-state index contributed by atoms with van der Waals surface area (Å²) in [4.78, 5) is 24.5. The Balaban J connectivity index is 1.69. The lowest BCUT2D eigenvalue weighted by molar-refractivity contribution is 0.0649. The van der Waals surface area contributed by atoms with Crippen LogP contribution in [0.3, 0.4) is 0 Å². The zero-order valence-electron chi connectivity index (χ0n) is 21.5. The Bertz CT molecular complexity index is 1860. The second-order valence-corrected chi connectivity index (χ2v) is 11.9. The van der Waals surface area contributed by atoms with E-state index in [9.17, 15) is 36.6 Å². The molecule has 0 unspecified atom stereocenters. The molecule has 0 saturated heterocycles. The molecule has 0 radical (unpaired) electrons. The van der Waals surface area contributed by atoms with Crippen molar-refractivity contribution in [3.05, 3.63) is 96.1 Å². The first-order valence-corrected chi connectivity index (χ1v) is 15.2. The SMILES string of the molecule is CS(=O)(=O)Oc1cccc(-c2ccc(Oc3ccc(-c4cccc(OS(C)(=O)=O)c4)c(C(=O)O)c3C(=O)O)cc2)c1. The van der Waals surface area contributed by atoms with Gasteiger partial charge in [-0.25, -0.2) is 9.59 Å². The normalized spacial score (nSPS) is 11.5. The highest BCUT2D eigenvalue weighted by Crippen LogP contribution is 2.37. The second kappa shape index (κ2) is 11.3. The minimum absolute atomic E-state index is 0.00717. The van der Waals surface area contributed by atoms with E-state index in [1.54, 1.807) is 24.3 Å². The van der Waals surface area contributed by atoms with Gasteiger partial charge in [0.2, 0.25) is 0 Å². The number of carbonyl (C=O) groups is 2. The molecule has 0 amide bonds. The van der Waals surface area contributed by atoms with Crippen LogP contribution < -0.4 is 13.1 Å². The Hall–Kier alpha value is -4.88. The first-order chi connectivity index (χ1) is 19.2. The highest BCUT2D eigenvalue weighted by molar-refractivity contribution is 7.86. The molecule has 4 aromatic rings. The second-order valence-electron chi connectivity index (χ2n) is 8.73. The molecule has 41 heavy (non-hydrogen) atoms. The predicted molar refractivity (Wildman–Crippen MR) is 149 cm³/mol. The standard InChI is InChI=1S/C28H22O11S2/c1-40(33,34)38-21-7-3-5-18(15-21)17-9-11-20(12-10-17)37-24-14-13-23(25(27(29)30)26(24)28(31)32)19-6-4-8-22(16-19)39-41(2,35)36/h3-16H,1-2H3,(H,29,30)(H,31,32). The van der Waals surface area contributed by atoms with Crippen molar-refractivity contribution in [2.45, 2.75) is 0 Å². The molecule has 0 fully saturated rings. The lowest BCUT2D eigenvalue weighted by Crippen LogP contribution is -2.12. The molecule has 0 saturated carbocycles. The Morgan fingerprint density at radius 1 is 0.585 bits per heavy atom. The number of carboxylic acid groups (broad SMARTS) is 2. The van der Waals surface area contributed by atoms with Crippen LogP contribution in [0.4, 0.5) is 0 Å². The van der Waals surface area contributed by atoms with Crippen LogP contribution in [-0.4, -0.2) is 51.5 Å². The van der Waals surface area contributed by atoms with E-state index in [1.807, 2.05) is 0 Å². The van der Waals surface area contributed by atoms with Gasteiger partial charge in [0, 0.05) is 0 Å². The fourth-order valence-corrected chi connectivity index (χ4v) is 4.89. The van der Waals surface area contributed by atoms with Crippen LogP contribution in [-0.2, 0) is 20.2 Å². The number of hydrogen-bond acceptors (Lipinski definition) is 9. The zero-order chi connectivity index (χ0) is 29.9. The molecule has 0 bridgehead atoms. The minimum Gasteiger partial charge on any atom is -0.478 e.